The van der Waals surface area contributed by atoms with Gasteiger partial charge in [0.05, 0.1) is 0 Å². The molecule has 0 rings (SSSR count). The van der Waals surface area contributed by atoms with Gasteiger partial charge in [-0.25, -0.2) is 0 Å². The van der Waals surface area contributed by atoms with E-state index in [4.69, 9.17) is 23.7 Å². The van der Waals surface area contributed by atoms with Gasteiger partial charge in [-0.2, -0.15) is 14.1 Å². The molecule has 0 aliphatic carbocycles. The van der Waals surface area contributed by atoms with Crippen molar-refractivity contribution in [2.24, 2.45) is 0 Å². The molecule has 0 saturated heterocycles. The molecular formula is C4H12Cl2NOTi-. The second kappa shape index (κ2) is 35.0. The van der Waals surface area contributed by atoms with Crippen LogP contribution in [-0.2, 0) is 17.0 Å². The number of aliphatic hydroxyl groups is 1. The fraction of sp³-hybridized carbons (Fsp3) is 1.00. The van der Waals surface area contributed by atoms with Gasteiger partial charge in [0.2, 0.25) is 0 Å². The van der Waals surface area contributed by atoms with E-state index in [1.54, 1.807) is 21.0 Å². The monoisotopic (exact) mass is 208 g/mol. The third-order valence-electron chi connectivity index (χ3n) is 0. The van der Waals surface area contributed by atoms with Crippen molar-refractivity contribution in [3.8, 4) is 0 Å². The molecular weight excluding hydrogens is 197 g/mol. The molecule has 0 unspecified atom stereocenters. The van der Waals surface area contributed by atoms with Gasteiger partial charge in [0, 0.05) is 6.61 Å². The molecule has 0 spiro atoms. The Balaban J connectivity index is -0.0000000600. The van der Waals surface area contributed by atoms with Gasteiger partial charge in [-0.15, -0.1) is 0 Å². The van der Waals surface area contributed by atoms with Gasteiger partial charge in [-0.1, -0.05) is 0 Å². The molecule has 0 aromatic rings. The quantitative estimate of drug-likeness (QED) is 0.608. The molecule has 0 radical (unpaired) electrons. The van der Waals surface area contributed by atoms with E-state index in [2.05, 4.69) is 5.32 Å². The van der Waals surface area contributed by atoms with Crippen LogP contribution in [0.5, 0.6) is 0 Å². The van der Waals surface area contributed by atoms with Crippen molar-refractivity contribution in [3.05, 3.63) is 5.32 Å². The van der Waals surface area contributed by atoms with Gasteiger partial charge in [-0.3, -0.25) is 0 Å². The molecule has 5 heteroatoms. The summed E-state index contributed by atoms with van der Waals surface area (Å²) in [6.07, 6.45) is 0. The number of hydrogen-bond donors (Lipinski definition) is 1. The average molecular weight is 209 g/mol. The summed E-state index contributed by atoms with van der Waals surface area (Å²) < 4.78 is 0. The molecule has 0 aliphatic heterocycles. The van der Waals surface area contributed by atoms with Gasteiger partial charge < -0.3 is 10.4 Å². The van der Waals surface area contributed by atoms with Crippen molar-refractivity contribution < 1.29 is 22.1 Å². The predicted molar refractivity (Wildman–Crippen MR) is 39.7 cm³/mol. The summed E-state index contributed by atoms with van der Waals surface area (Å²) in [5.41, 5.74) is 0. The molecule has 0 aromatic heterocycles. The zero-order valence-corrected chi connectivity index (χ0v) is 8.93. The Labute approximate surface area is 73.6 Å². The van der Waals surface area contributed by atoms with Crippen molar-refractivity contribution in [2.45, 2.75) is 6.92 Å². The van der Waals surface area contributed by atoms with Gasteiger partial charge in [-0.05, 0) is 6.92 Å². The number of halogens is 2. The van der Waals surface area contributed by atoms with Gasteiger partial charge in [0.15, 0.2) is 0 Å². The maximum absolute atomic E-state index is 7.57. The van der Waals surface area contributed by atoms with Gasteiger partial charge in [0.25, 0.3) is 0 Å². The second-order valence-corrected chi connectivity index (χ2v) is 3.41. The zero-order chi connectivity index (χ0) is 8.12. The number of hydrogen-bond acceptors (Lipinski definition) is 1. The number of rotatable bonds is 0. The number of nitrogens with zero attached hydrogens (tertiary/aromatic N) is 1. The number of aliphatic hydroxyl groups excluding tert-OH is 1. The molecule has 58 valence electrons. The molecule has 1 N–H and O–H groups in total. The van der Waals surface area contributed by atoms with E-state index in [1.807, 2.05) is 0 Å². The van der Waals surface area contributed by atoms with Crippen molar-refractivity contribution in [1.82, 2.24) is 0 Å². The summed E-state index contributed by atoms with van der Waals surface area (Å²) >= 11 is -0.556. The van der Waals surface area contributed by atoms with Crippen molar-refractivity contribution in [1.29, 1.82) is 0 Å². The topological polar surface area (TPSA) is 34.3 Å². The van der Waals surface area contributed by atoms with E-state index < -0.39 is 17.0 Å². The van der Waals surface area contributed by atoms with E-state index in [0.29, 0.717) is 0 Å². The molecule has 0 amide bonds. The van der Waals surface area contributed by atoms with Crippen LogP contribution in [0.1, 0.15) is 6.92 Å². The molecule has 9 heavy (non-hydrogen) atoms. The van der Waals surface area contributed by atoms with Crippen LogP contribution in [0.15, 0.2) is 0 Å². The Morgan fingerprint density at radius 2 is 1.44 bits per heavy atom. The van der Waals surface area contributed by atoms with E-state index >= 15 is 0 Å². The molecule has 0 saturated carbocycles. The van der Waals surface area contributed by atoms with Crippen LogP contribution in [-0.4, -0.2) is 25.8 Å². The van der Waals surface area contributed by atoms with Crippen molar-refractivity contribution in [3.63, 3.8) is 0 Å². The van der Waals surface area contributed by atoms with Crippen LogP contribution >= 0.6 is 18.6 Å². The Morgan fingerprint density at radius 3 is 1.44 bits per heavy atom. The summed E-state index contributed by atoms with van der Waals surface area (Å²) in [6.45, 7) is 1.93. The summed E-state index contributed by atoms with van der Waals surface area (Å²) in [5, 5.41) is 11.1. The van der Waals surface area contributed by atoms with Crippen LogP contribution in [0.25, 0.3) is 5.32 Å². The standard InChI is InChI=1S/C2H6N.C2H6O.2ClH.Ti/c1-3-2;1-2-3;;;/h1-2H3;3H,2H2,1H3;2*1H;/q-1;;;;+2/p-2. The molecule has 0 atom stereocenters. The first kappa shape index (κ1) is 16.7. The zero-order valence-electron chi connectivity index (χ0n) is 5.86. The van der Waals surface area contributed by atoms with Crippen LogP contribution in [0, 0.1) is 0 Å². The third-order valence-corrected chi connectivity index (χ3v) is 0. The van der Waals surface area contributed by atoms with Crippen molar-refractivity contribution >= 4 is 18.6 Å². The first-order chi connectivity index (χ1) is 4.24. The third kappa shape index (κ3) is 325. The van der Waals surface area contributed by atoms with Crippen LogP contribution in [0.3, 0.4) is 0 Å². The van der Waals surface area contributed by atoms with Gasteiger partial charge >= 0.3 is 35.6 Å². The van der Waals surface area contributed by atoms with Gasteiger partial charge in [0.1, 0.15) is 0 Å². The van der Waals surface area contributed by atoms with E-state index in [-0.39, 0.29) is 6.61 Å². The minimum atomic E-state index is -0.556. The summed E-state index contributed by atoms with van der Waals surface area (Å²) in [4.78, 5) is 0. The fourth-order valence-electron chi connectivity index (χ4n) is 0. The average Bonchev–Trinajstić information content (AvgIpc) is 1.70. The Hall–Kier alpha value is 1.21. The molecule has 2 nitrogen and oxygen atoms in total. The SMILES string of the molecule is CCO.C[N-]C.[Cl][Ti][Cl]. The Kier molecular flexibility index (Phi) is 64.8. The normalized spacial score (nSPS) is 5.56. The second-order valence-electron chi connectivity index (χ2n) is 0.835. The Bertz CT molecular complexity index is 23.3. The van der Waals surface area contributed by atoms with Crippen LogP contribution in [0.4, 0.5) is 0 Å². The molecule has 0 heterocycles. The molecule has 0 fully saturated rings. The van der Waals surface area contributed by atoms with Crippen LogP contribution < -0.4 is 0 Å². The summed E-state index contributed by atoms with van der Waals surface area (Å²) in [7, 11) is 13.3. The van der Waals surface area contributed by atoms with E-state index in [1.165, 1.54) is 0 Å². The predicted octanol–water partition coefficient (Wildman–Crippen LogP) is 1.99. The molecule has 0 aliphatic rings. The summed E-state index contributed by atoms with van der Waals surface area (Å²) in [5.74, 6) is 0. The molecule has 0 bridgehead atoms. The fourth-order valence-corrected chi connectivity index (χ4v) is 0. The van der Waals surface area contributed by atoms with Crippen molar-refractivity contribution in [2.75, 3.05) is 20.7 Å². The maximum atomic E-state index is 7.57. The first-order valence-electron chi connectivity index (χ1n) is 2.30. The van der Waals surface area contributed by atoms with E-state index in [9.17, 15) is 0 Å². The van der Waals surface area contributed by atoms with E-state index in [0.717, 1.165) is 0 Å². The minimum absolute atomic E-state index is 0.250. The molecule has 0 aromatic carbocycles. The first-order valence-corrected chi connectivity index (χ1v) is 6.59. The van der Waals surface area contributed by atoms with Crippen LogP contribution in [0.2, 0.25) is 0 Å². The summed E-state index contributed by atoms with van der Waals surface area (Å²) in [6, 6.07) is 0. The Morgan fingerprint density at radius 1 is 1.44 bits per heavy atom.